The maximum absolute atomic E-state index is 12.1. The molecule has 0 saturated carbocycles. The molecular formula is C17H21N5OS2. The summed E-state index contributed by atoms with van der Waals surface area (Å²) in [5, 5.41) is 5.19. The normalized spacial score (nSPS) is 10.9. The van der Waals surface area contributed by atoms with E-state index in [4.69, 9.17) is 0 Å². The van der Waals surface area contributed by atoms with Gasteiger partial charge in [0.25, 0.3) is 5.56 Å². The van der Waals surface area contributed by atoms with Gasteiger partial charge in [-0.2, -0.15) is 11.8 Å². The van der Waals surface area contributed by atoms with Crippen LogP contribution in [0, 0.1) is 6.92 Å². The van der Waals surface area contributed by atoms with Crippen LogP contribution in [0.1, 0.15) is 28.2 Å². The van der Waals surface area contributed by atoms with E-state index in [-0.39, 0.29) is 5.56 Å². The average molecular weight is 376 g/mol. The summed E-state index contributed by atoms with van der Waals surface area (Å²) >= 11 is 3.50. The van der Waals surface area contributed by atoms with E-state index < -0.39 is 0 Å². The lowest BCUT2D eigenvalue weighted by Crippen LogP contribution is -2.17. The van der Waals surface area contributed by atoms with Crippen molar-refractivity contribution < 1.29 is 0 Å². The van der Waals surface area contributed by atoms with Gasteiger partial charge in [0.1, 0.15) is 0 Å². The van der Waals surface area contributed by atoms with Crippen LogP contribution in [0.5, 0.6) is 0 Å². The van der Waals surface area contributed by atoms with Gasteiger partial charge in [-0.15, -0.1) is 11.3 Å². The number of aromatic amines is 2. The van der Waals surface area contributed by atoms with Crippen LogP contribution in [0.3, 0.4) is 0 Å². The first-order chi connectivity index (χ1) is 12.2. The van der Waals surface area contributed by atoms with Gasteiger partial charge in [0, 0.05) is 41.0 Å². The molecule has 3 aromatic heterocycles. The van der Waals surface area contributed by atoms with Crippen LogP contribution in [-0.2, 0) is 12.2 Å². The Kier molecular flexibility index (Phi) is 6.30. The second-order valence-electron chi connectivity index (χ2n) is 5.65. The van der Waals surface area contributed by atoms with E-state index in [9.17, 15) is 4.79 Å². The summed E-state index contributed by atoms with van der Waals surface area (Å²) in [6, 6.07) is 4.02. The Morgan fingerprint density at radius 2 is 2.28 bits per heavy atom. The number of aryl methyl sites for hydroxylation is 1. The molecule has 3 aromatic rings. The lowest BCUT2D eigenvalue weighted by Gasteiger charge is -2.06. The van der Waals surface area contributed by atoms with E-state index in [1.807, 2.05) is 36.2 Å². The van der Waals surface area contributed by atoms with Crippen molar-refractivity contribution in [1.29, 1.82) is 0 Å². The summed E-state index contributed by atoms with van der Waals surface area (Å²) in [6.45, 7) is 2.81. The summed E-state index contributed by atoms with van der Waals surface area (Å²) in [4.78, 5) is 27.8. The Bertz CT molecular complexity index is 841. The fourth-order valence-corrected chi connectivity index (χ4v) is 4.03. The minimum Gasteiger partial charge on any atom is -0.356 e. The fourth-order valence-electron chi connectivity index (χ4n) is 2.32. The SMILES string of the molecule is Cc1[nH]cnc1CSCCCNc1ncc(Cc2cccs2)c(=O)[nH]1. The van der Waals surface area contributed by atoms with E-state index >= 15 is 0 Å². The van der Waals surface area contributed by atoms with Gasteiger partial charge in [0.15, 0.2) is 0 Å². The van der Waals surface area contributed by atoms with Crippen molar-refractivity contribution in [1.82, 2.24) is 19.9 Å². The van der Waals surface area contributed by atoms with Gasteiger partial charge in [-0.25, -0.2) is 9.97 Å². The molecule has 0 saturated heterocycles. The topological polar surface area (TPSA) is 86.5 Å². The highest BCUT2D eigenvalue weighted by molar-refractivity contribution is 7.98. The predicted molar refractivity (Wildman–Crippen MR) is 105 cm³/mol. The molecule has 0 fully saturated rings. The van der Waals surface area contributed by atoms with Crippen LogP contribution in [0.25, 0.3) is 0 Å². The highest BCUT2D eigenvalue weighted by Crippen LogP contribution is 2.14. The molecule has 132 valence electrons. The summed E-state index contributed by atoms with van der Waals surface area (Å²) in [5.41, 5.74) is 2.87. The molecule has 3 rings (SSSR count). The highest BCUT2D eigenvalue weighted by Gasteiger charge is 2.05. The Morgan fingerprint density at radius 1 is 1.36 bits per heavy atom. The minimum atomic E-state index is -0.0747. The minimum absolute atomic E-state index is 0.0747. The molecule has 0 aliphatic carbocycles. The summed E-state index contributed by atoms with van der Waals surface area (Å²) in [5.74, 6) is 2.48. The van der Waals surface area contributed by atoms with Crippen LogP contribution in [0.15, 0.2) is 34.8 Å². The first-order valence-corrected chi connectivity index (χ1v) is 10.2. The molecule has 0 atom stereocenters. The van der Waals surface area contributed by atoms with Gasteiger partial charge in [0.05, 0.1) is 12.0 Å². The number of nitrogens with zero attached hydrogens (tertiary/aromatic N) is 2. The van der Waals surface area contributed by atoms with Crippen LogP contribution in [0.2, 0.25) is 0 Å². The highest BCUT2D eigenvalue weighted by atomic mass is 32.2. The molecule has 0 aromatic carbocycles. The molecule has 0 amide bonds. The van der Waals surface area contributed by atoms with Crippen LogP contribution in [-0.4, -0.2) is 32.2 Å². The fraction of sp³-hybridized carbons (Fsp3) is 0.353. The van der Waals surface area contributed by atoms with Crippen LogP contribution in [0.4, 0.5) is 5.95 Å². The van der Waals surface area contributed by atoms with Gasteiger partial charge < -0.3 is 10.3 Å². The second-order valence-corrected chi connectivity index (χ2v) is 7.79. The van der Waals surface area contributed by atoms with Crippen molar-refractivity contribution in [3.63, 3.8) is 0 Å². The number of anilines is 1. The number of rotatable bonds is 9. The molecule has 0 unspecified atom stereocenters. The van der Waals surface area contributed by atoms with Crippen molar-refractivity contribution in [2.45, 2.75) is 25.5 Å². The summed E-state index contributed by atoms with van der Waals surface area (Å²) < 4.78 is 0. The number of thioether (sulfide) groups is 1. The third-order valence-electron chi connectivity index (χ3n) is 3.75. The standard InChI is InChI=1S/C17H21N5OS2/c1-12-15(21-11-20-12)10-24-6-3-5-18-17-19-9-13(16(23)22-17)8-14-4-2-7-25-14/h2,4,7,9,11H,3,5-6,8,10H2,1H3,(H,20,21)(H2,18,19,22,23). The third kappa shape index (κ3) is 5.20. The Balaban J connectivity index is 1.39. The molecule has 25 heavy (non-hydrogen) atoms. The lowest BCUT2D eigenvalue weighted by molar-refractivity contribution is 0.944. The first kappa shape index (κ1) is 17.8. The molecule has 0 bridgehead atoms. The van der Waals surface area contributed by atoms with Crippen molar-refractivity contribution in [2.75, 3.05) is 17.6 Å². The average Bonchev–Trinajstić information content (AvgIpc) is 3.25. The van der Waals surface area contributed by atoms with Crippen LogP contribution < -0.4 is 10.9 Å². The van der Waals surface area contributed by atoms with E-state index in [2.05, 4.69) is 25.3 Å². The van der Waals surface area contributed by atoms with Crippen molar-refractivity contribution in [3.8, 4) is 0 Å². The van der Waals surface area contributed by atoms with Crippen LogP contribution >= 0.6 is 23.1 Å². The molecule has 6 nitrogen and oxygen atoms in total. The number of hydrogen-bond acceptors (Lipinski definition) is 6. The number of nitrogens with one attached hydrogen (secondary N) is 3. The van der Waals surface area contributed by atoms with Gasteiger partial charge in [0.2, 0.25) is 5.95 Å². The predicted octanol–water partition coefficient (Wildman–Crippen LogP) is 3.19. The maximum atomic E-state index is 12.1. The van der Waals surface area contributed by atoms with Gasteiger partial charge in [-0.1, -0.05) is 6.07 Å². The Morgan fingerprint density at radius 3 is 3.00 bits per heavy atom. The zero-order valence-electron chi connectivity index (χ0n) is 14.0. The number of H-pyrrole nitrogens is 2. The smallest absolute Gasteiger partial charge is 0.255 e. The molecular weight excluding hydrogens is 354 g/mol. The summed E-state index contributed by atoms with van der Waals surface area (Å²) in [6.07, 6.45) is 5.02. The monoisotopic (exact) mass is 375 g/mol. The quantitative estimate of drug-likeness (QED) is 0.500. The Labute approximate surface area is 154 Å². The van der Waals surface area contributed by atoms with Crippen molar-refractivity contribution in [3.05, 3.63) is 62.2 Å². The molecule has 3 heterocycles. The van der Waals surface area contributed by atoms with Gasteiger partial charge in [-0.05, 0) is 30.5 Å². The molecule has 8 heteroatoms. The molecule has 0 aliphatic heterocycles. The maximum Gasteiger partial charge on any atom is 0.255 e. The van der Waals surface area contributed by atoms with E-state index in [1.165, 1.54) is 0 Å². The largest absolute Gasteiger partial charge is 0.356 e. The Hall–Kier alpha value is -2.06. The van der Waals surface area contributed by atoms with Crippen molar-refractivity contribution >= 4 is 29.0 Å². The van der Waals surface area contributed by atoms with E-state index in [1.54, 1.807) is 23.9 Å². The number of aromatic nitrogens is 4. The second kappa shape index (κ2) is 8.87. The zero-order valence-corrected chi connectivity index (χ0v) is 15.7. The lowest BCUT2D eigenvalue weighted by atomic mass is 10.2. The first-order valence-electron chi connectivity index (χ1n) is 8.13. The number of hydrogen-bond donors (Lipinski definition) is 3. The van der Waals surface area contributed by atoms with Crippen molar-refractivity contribution in [2.24, 2.45) is 0 Å². The number of imidazole rings is 1. The summed E-state index contributed by atoms with van der Waals surface area (Å²) in [7, 11) is 0. The zero-order chi connectivity index (χ0) is 17.5. The number of thiophene rings is 1. The van der Waals surface area contributed by atoms with Gasteiger partial charge >= 0.3 is 0 Å². The van der Waals surface area contributed by atoms with E-state index in [0.717, 1.165) is 40.7 Å². The van der Waals surface area contributed by atoms with Gasteiger partial charge in [-0.3, -0.25) is 9.78 Å². The molecule has 0 spiro atoms. The third-order valence-corrected chi connectivity index (χ3v) is 5.68. The van der Waals surface area contributed by atoms with E-state index in [0.29, 0.717) is 17.9 Å². The molecule has 0 radical (unpaired) electrons. The molecule has 3 N–H and O–H groups in total. The molecule has 0 aliphatic rings.